The zero-order valence-corrected chi connectivity index (χ0v) is 9.43. The summed E-state index contributed by atoms with van der Waals surface area (Å²) in [5.74, 6) is 0.627. The molecule has 1 rings (SSSR count). The maximum atomic E-state index is 9.55. The third-order valence-corrected chi connectivity index (χ3v) is 2.66. The van der Waals surface area contributed by atoms with Crippen LogP contribution in [0.4, 0.5) is 5.69 Å². The van der Waals surface area contributed by atoms with Crippen molar-refractivity contribution in [2.24, 2.45) is 0 Å². The summed E-state index contributed by atoms with van der Waals surface area (Å²) in [7, 11) is 0. The normalized spacial score (nSPS) is 10.8. The number of nitrogen functional groups attached to an aromatic ring is 1. The first-order valence-electron chi connectivity index (χ1n) is 4.23. The van der Waals surface area contributed by atoms with Crippen molar-refractivity contribution >= 4 is 21.6 Å². The molecule has 0 radical (unpaired) electrons. The molecule has 3 N–H and O–H groups in total. The highest BCUT2D eigenvalue weighted by molar-refractivity contribution is 9.08. The molecule has 0 heterocycles. The van der Waals surface area contributed by atoms with Gasteiger partial charge in [0, 0.05) is 10.9 Å². The minimum Gasteiger partial charge on any atom is -0.505 e. The van der Waals surface area contributed by atoms with Crippen molar-refractivity contribution in [1.29, 1.82) is 0 Å². The Kier molecular flexibility index (Phi) is 3.20. The topological polar surface area (TPSA) is 46.2 Å². The second kappa shape index (κ2) is 4.01. The number of nitrogens with two attached hydrogens (primary N) is 1. The van der Waals surface area contributed by atoms with E-state index in [1.54, 1.807) is 0 Å². The maximum absolute atomic E-state index is 9.55. The minimum absolute atomic E-state index is 0.196. The molecule has 0 bridgehead atoms. The van der Waals surface area contributed by atoms with Gasteiger partial charge in [-0.05, 0) is 17.5 Å². The van der Waals surface area contributed by atoms with Gasteiger partial charge in [0.05, 0.1) is 5.69 Å². The van der Waals surface area contributed by atoms with Gasteiger partial charge in [-0.2, -0.15) is 0 Å². The summed E-state index contributed by atoms with van der Waals surface area (Å²) in [4.78, 5) is 0. The summed E-state index contributed by atoms with van der Waals surface area (Å²) >= 11 is 3.31. The molecule has 0 saturated heterocycles. The van der Waals surface area contributed by atoms with Crippen LogP contribution in [0.15, 0.2) is 12.1 Å². The Bertz CT molecular complexity index is 310. The first kappa shape index (κ1) is 10.4. The van der Waals surface area contributed by atoms with E-state index < -0.39 is 0 Å². The number of halogens is 1. The molecule has 0 aromatic heterocycles. The second-order valence-electron chi connectivity index (χ2n) is 3.41. The fraction of sp³-hybridized carbons (Fsp3) is 0.400. The Morgan fingerprint density at radius 2 is 2.08 bits per heavy atom. The Labute approximate surface area is 86.9 Å². The van der Waals surface area contributed by atoms with E-state index in [9.17, 15) is 5.11 Å². The van der Waals surface area contributed by atoms with Crippen molar-refractivity contribution in [2.45, 2.75) is 25.1 Å². The second-order valence-corrected chi connectivity index (χ2v) is 3.97. The summed E-state index contributed by atoms with van der Waals surface area (Å²) in [6.45, 7) is 4.20. The van der Waals surface area contributed by atoms with Gasteiger partial charge in [-0.25, -0.2) is 0 Å². The Morgan fingerprint density at radius 3 is 2.54 bits per heavy atom. The summed E-state index contributed by atoms with van der Waals surface area (Å²) in [6.07, 6.45) is 0. The number of phenols is 1. The van der Waals surface area contributed by atoms with Gasteiger partial charge < -0.3 is 10.8 Å². The van der Waals surface area contributed by atoms with E-state index in [4.69, 9.17) is 5.73 Å². The van der Waals surface area contributed by atoms with Gasteiger partial charge in [0.15, 0.2) is 0 Å². The van der Waals surface area contributed by atoms with Gasteiger partial charge >= 0.3 is 0 Å². The molecule has 1 aromatic carbocycles. The van der Waals surface area contributed by atoms with Crippen LogP contribution in [0.25, 0.3) is 0 Å². The number of anilines is 1. The molecule has 0 atom stereocenters. The number of hydrogen-bond acceptors (Lipinski definition) is 2. The number of aromatic hydroxyl groups is 1. The molecule has 0 aliphatic heterocycles. The van der Waals surface area contributed by atoms with Gasteiger partial charge in [0.2, 0.25) is 0 Å². The Hall–Kier alpha value is -0.700. The summed E-state index contributed by atoms with van der Waals surface area (Å²) < 4.78 is 0. The molecule has 0 amide bonds. The van der Waals surface area contributed by atoms with Gasteiger partial charge in [-0.3, -0.25) is 0 Å². The first-order valence-corrected chi connectivity index (χ1v) is 5.35. The van der Waals surface area contributed by atoms with Crippen LogP contribution in [0, 0.1) is 0 Å². The fourth-order valence-electron chi connectivity index (χ4n) is 1.18. The van der Waals surface area contributed by atoms with Gasteiger partial charge in [0.25, 0.3) is 0 Å². The van der Waals surface area contributed by atoms with Crippen molar-refractivity contribution in [3.05, 3.63) is 23.3 Å². The van der Waals surface area contributed by atoms with Crippen LogP contribution < -0.4 is 5.73 Å². The highest BCUT2D eigenvalue weighted by Gasteiger charge is 2.08. The van der Waals surface area contributed by atoms with Crippen LogP contribution >= 0.6 is 15.9 Å². The van der Waals surface area contributed by atoms with Crippen LogP contribution in [-0.2, 0) is 5.33 Å². The quantitative estimate of drug-likeness (QED) is 0.477. The predicted octanol–water partition coefficient (Wildman–Crippen LogP) is 2.99. The lowest BCUT2D eigenvalue weighted by molar-refractivity contribution is 0.473. The Balaban J connectivity index is 3.22. The van der Waals surface area contributed by atoms with E-state index in [0.29, 0.717) is 16.9 Å². The number of alkyl halides is 1. The smallest absolute Gasteiger partial charge is 0.142 e. The number of phenolic OH excluding ortho intramolecular Hbond substituents is 1. The highest BCUT2D eigenvalue weighted by Crippen LogP contribution is 2.31. The van der Waals surface area contributed by atoms with E-state index in [2.05, 4.69) is 29.8 Å². The largest absolute Gasteiger partial charge is 0.505 e. The molecule has 13 heavy (non-hydrogen) atoms. The number of benzene rings is 1. The maximum Gasteiger partial charge on any atom is 0.142 e. The third kappa shape index (κ3) is 2.15. The molecule has 0 fully saturated rings. The standard InChI is InChI=1S/C10H14BrNO/c1-6(2)7-3-8(5-11)10(13)9(12)4-7/h3-4,6,13H,5,12H2,1-2H3. The first-order chi connectivity index (χ1) is 6.06. The minimum atomic E-state index is 0.196. The molecule has 0 unspecified atom stereocenters. The molecule has 1 aromatic rings. The predicted molar refractivity (Wildman–Crippen MR) is 59.2 cm³/mol. The average molecular weight is 244 g/mol. The molecule has 0 aliphatic rings. The van der Waals surface area contributed by atoms with Crippen LogP contribution in [0.1, 0.15) is 30.9 Å². The Morgan fingerprint density at radius 1 is 1.46 bits per heavy atom. The van der Waals surface area contributed by atoms with Crippen molar-refractivity contribution < 1.29 is 5.11 Å². The zero-order chi connectivity index (χ0) is 10.0. The van der Waals surface area contributed by atoms with Crippen molar-refractivity contribution in [3.8, 4) is 5.75 Å². The van der Waals surface area contributed by atoms with E-state index in [-0.39, 0.29) is 5.75 Å². The summed E-state index contributed by atoms with van der Waals surface area (Å²) in [5, 5.41) is 10.2. The van der Waals surface area contributed by atoms with Crippen LogP contribution in [-0.4, -0.2) is 5.11 Å². The van der Waals surface area contributed by atoms with Gasteiger partial charge in [0.1, 0.15) is 5.75 Å². The molecule has 0 spiro atoms. The monoisotopic (exact) mass is 243 g/mol. The van der Waals surface area contributed by atoms with E-state index in [0.717, 1.165) is 11.1 Å². The fourth-order valence-corrected chi connectivity index (χ4v) is 1.61. The van der Waals surface area contributed by atoms with E-state index >= 15 is 0 Å². The average Bonchev–Trinajstić information content (AvgIpc) is 2.09. The molecule has 0 saturated carbocycles. The molecular formula is C10H14BrNO. The molecular weight excluding hydrogens is 230 g/mol. The lowest BCUT2D eigenvalue weighted by Crippen LogP contribution is -1.95. The highest BCUT2D eigenvalue weighted by atomic mass is 79.9. The number of rotatable bonds is 2. The molecule has 2 nitrogen and oxygen atoms in total. The lowest BCUT2D eigenvalue weighted by Gasteiger charge is -2.11. The van der Waals surface area contributed by atoms with Crippen molar-refractivity contribution in [2.75, 3.05) is 5.73 Å². The van der Waals surface area contributed by atoms with Crippen molar-refractivity contribution in [3.63, 3.8) is 0 Å². The lowest BCUT2D eigenvalue weighted by atomic mass is 10.00. The van der Waals surface area contributed by atoms with Crippen LogP contribution in [0.3, 0.4) is 0 Å². The molecule has 72 valence electrons. The van der Waals surface area contributed by atoms with Crippen LogP contribution in [0.5, 0.6) is 5.75 Å². The van der Waals surface area contributed by atoms with E-state index in [1.165, 1.54) is 0 Å². The SMILES string of the molecule is CC(C)c1cc(N)c(O)c(CBr)c1. The summed E-state index contributed by atoms with van der Waals surface area (Å²) in [6, 6.07) is 3.80. The zero-order valence-electron chi connectivity index (χ0n) is 7.84. The van der Waals surface area contributed by atoms with Crippen molar-refractivity contribution in [1.82, 2.24) is 0 Å². The molecule has 0 aliphatic carbocycles. The van der Waals surface area contributed by atoms with Gasteiger partial charge in [-0.1, -0.05) is 35.8 Å². The summed E-state index contributed by atoms with van der Waals surface area (Å²) in [5.41, 5.74) is 8.13. The van der Waals surface area contributed by atoms with E-state index in [1.807, 2.05) is 12.1 Å². The molecule has 3 heteroatoms. The number of hydrogen-bond donors (Lipinski definition) is 2. The van der Waals surface area contributed by atoms with Crippen LogP contribution in [0.2, 0.25) is 0 Å². The third-order valence-electron chi connectivity index (χ3n) is 2.05. The van der Waals surface area contributed by atoms with Gasteiger partial charge in [-0.15, -0.1) is 0 Å².